The maximum absolute atomic E-state index is 8.66. The maximum atomic E-state index is 8.66. The van der Waals surface area contributed by atoms with Gasteiger partial charge in [0.2, 0.25) is 0 Å². The first-order chi connectivity index (χ1) is 2.00. The van der Waals surface area contributed by atoms with Crippen molar-refractivity contribution in [2.75, 3.05) is 0 Å². The minimum Gasteiger partial charge on any atom is -0.790 e. The molecule has 0 radical (unpaired) electrons. The number of hydrogen-bond donors (Lipinski definition) is 1. The molecule has 88 valence electrons. The summed E-state index contributed by atoms with van der Waals surface area (Å²) >= 11 is 0. The molecule has 0 heterocycles. The van der Waals surface area contributed by atoms with Gasteiger partial charge in [-0.25, -0.2) is 0 Å². The fraction of sp³-hybridized carbons (Fsp3) is 0. The van der Waals surface area contributed by atoms with E-state index in [4.69, 9.17) is 19.2 Å². The molecule has 0 saturated heterocycles. The van der Waals surface area contributed by atoms with E-state index < -0.39 is 7.82 Å². The van der Waals surface area contributed by atoms with Crippen molar-refractivity contribution in [3.8, 4) is 0 Å². The van der Waals surface area contributed by atoms with Gasteiger partial charge in [0.1, 0.15) is 0 Å². The van der Waals surface area contributed by atoms with Crippen LogP contribution >= 0.6 is 7.82 Å². The summed E-state index contributed by atoms with van der Waals surface area (Å²) in [6.45, 7) is 0. The Morgan fingerprint density at radius 2 is 0.769 bits per heavy atom. The molecule has 0 aliphatic heterocycles. The molecule has 11 nitrogen and oxygen atoms in total. The van der Waals surface area contributed by atoms with Gasteiger partial charge in [0.25, 0.3) is 0 Å². The quantitative estimate of drug-likeness (QED) is 0.321. The third-order valence-electron chi connectivity index (χ3n) is 0. The first-order valence-corrected chi connectivity index (χ1v) is 2.24. The van der Waals surface area contributed by atoms with Crippen molar-refractivity contribution in [1.29, 1.82) is 0 Å². The van der Waals surface area contributed by atoms with E-state index in [2.05, 4.69) is 0 Å². The molecule has 15 N–H and O–H groups in total. The predicted octanol–water partition coefficient (Wildman–Crippen LogP) is -8.35. The third-order valence-corrected chi connectivity index (χ3v) is 0. The molecule has 0 spiro atoms. The van der Waals surface area contributed by atoms with E-state index in [1.165, 1.54) is 0 Å². The molecule has 0 aliphatic rings. The molecule has 0 aliphatic carbocycles. The normalized spacial score (nSPS) is 4.54. The van der Waals surface area contributed by atoms with Crippen molar-refractivity contribution >= 4 is 30.9 Å². The van der Waals surface area contributed by atoms with Crippen LogP contribution in [0.1, 0.15) is 0 Å². The van der Waals surface area contributed by atoms with Gasteiger partial charge >= 0.3 is 23.1 Å². The van der Waals surface area contributed by atoms with Gasteiger partial charge in [-0.3, -0.25) is 0 Å². The summed E-state index contributed by atoms with van der Waals surface area (Å²) in [5.74, 6) is 0. The minimum absolute atomic E-state index is 0. The monoisotopic (exact) mass is 246 g/mol. The summed E-state index contributed by atoms with van der Waals surface area (Å²) in [7, 11) is -5.14. The zero-order valence-electron chi connectivity index (χ0n) is 6.33. The van der Waals surface area contributed by atoms with E-state index in [0.717, 1.165) is 0 Å². The fourth-order valence-corrected chi connectivity index (χ4v) is 0. The van der Waals surface area contributed by atoms with Crippen molar-refractivity contribution in [2.45, 2.75) is 0 Å². The fourth-order valence-electron chi connectivity index (χ4n) is 0. The van der Waals surface area contributed by atoms with Crippen LogP contribution in [-0.4, -0.2) is 66.3 Å². The minimum atomic E-state index is -5.14. The Labute approximate surface area is 88.9 Å². The van der Waals surface area contributed by atoms with Crippen LogP contribution in [0, 0.1) is 0 Å². The van der Waals surface area contributed by atoms with E-state index in [1.807, 2.05) is 0 Å². The van der Waals surface area contributed by atoms with E-state index in [9.17, 15) is 0 Å². The largest absolute Gasteiger partial charge is 2.00 e. The van der Waals surface area contributed by atoms with Crippen LogP contribution in [0.3, 0.4) is 0 Å². The van der Waals surface area contributed by atoms with Crippen molar-refractivity contribution < 1.29 is 57.6 Å². The van der Waals surface area contributed by atoms with Crippen molar-refractivity contribution in [3.63, 3.8) is 0 Å². The molecule has 0 atom stereocenters. The van der Waals surface area contributed by atoms with Crippen molar-refractivity contribution in [1.82, 2.24) is 0 Å². The molecule has 0 fully saturated rings. The van der Waals surface area contributed by atoms with Gasteiger partial charge in [-0.1, -0.05) is 0 Å². The molecule has 0 saturated carbocycles. The molecule has 13 heteroatoms. The van der Waals surface area contributed by atoms with Gasteiger partial charge in [0.15, 0.2) is 0 Å². The average molecular weight is 246 g/mol. The summed E-state index contributed by atoms with van der Waals surface area (Å²) in [5.41, 5.74) is 0. The summed E-state index contributed by atoms with van der Waals surface area (Å²) in [6, 6.07) is 0. The second-order valence-corrected chi connectivity index (χ2v) is 1.41. The molecule has 13 heavy (non-hydrogen) atoms. The topological polar surface area (TPSA) is 304 Å². The predicted molar refractivity (Wildman–Crippen MR) is 40.9 cm³/mol. The van der Waals surface area contributed by atoms with E-state index in [0.29, 0.717) is 0 Å². The third kappa shape index (κ3) is 3980. The first kappa shape index (κ1) is 102. The Balaban J connectivity index is -0.00000000286. The van der Waals surface area contributed by atoms with Crippen molar-refractivity contribution in [2.24, 2.45) is 0 Å². The molecule has 0 bridgehead atoms. The van der Waals surface area contributed by atoms with Crippen molar-refractivity contribution in [3.05, 3.63) is 0 Å². The van der Waals surface area contributed by atoms with Gasteiger partial charge < -0.3 is 57.6 Å². The molecule has 0 aromatic rings. The van der Waals surface area contributed by atoms with Gasteiger partial charge in [0.05, 0.1) is 7.82 Å². The van der Waals surface area contributed by atoms with Gasteiger partial charge in [-0.2, -0.15) is 0 Å². The van der Waals surface area contributed by atoms with Crippen LogP contribution in [-0.2, 0) is 4.57 Å². The Bertz CT molecular complexity index is 56.2. The maximum Gasteiger partial charge on any atom is 2.00 e. The summed E-state index contributed by atoms with van der Waals surface area (Å²) < 4.78 is 8.66. The molecule has 0 unspecified atom stereocenters. The van der Waals surface area contributed by atoms with Gasteiger partial charge in [-0.15, -0.1) is 0 Å². The number of phosphoric acid groups is 1. The molecule has 0 aromatic carbocycles. The van der Waals surface area contributed by atoms with Crippen LogP contribution in [0.2, 0.25) is 0 Å². The number of rotatable bonds is 0. The Morgan fingerprint density at radius 3 is 0.769 bits per heavy atom. The second-order valence-electron chi connectivity index (χ2n) is 0.469. The Hall–Kier alpha value is 0.596. The van der Waals surface area contributed by atoms with Crippen LogP contribution in [0.5, 0.6) is 0 Å². The summed E-state index contributed by atoms with van der Waals surface area (Å²) in [4.78, 5) is 24.3. The number of hydrogen-bond acceptors (Lipinski definition) is 3. The Morgan fingerprint density at radius 1 is 0.769 bits per heavy atom. The molecular formula is H15MgO11P. The molecule has 0 rings (SSSR count). The zero-order valence-corrected chi connectivity index (χ0v) is 8.63. The standard InChI is InChI=1S/Mg.H3O4P.7H2O/c;1-5(2,3)4;;;;;;;/h;(H3,1,2,3,4);7*1H2/q+2;;;;;;;;/p-2. The van der Waals surface area contributed by atoms with Gasteiger partial charge in [0, 0.05) is 0 Å². The van der Waals surface area contributed by atoms with Crippen LogP contribution in [0.4, 0.5) is 0 Å². The van der Waals surface area contributed by atoms with E-state index in [1.54, 1.807) is 0 Å². The van der Waals surface area contributed by atoms with Crippen LogP contribution in [0.25, 0.3) is 0 Å². The first-order valence-electron chi connectivity index (χ1n) is 0.748. The molecule has 0 aromatic heterocycles. The average Bonchev–Trinajstić information content (AvgIpc) is 0.722. The molecule has 0 amide bonds. The van der Waals surface area contributed by atoms with Gasteiger partial charge in [-0.05, 0) is 0 Å². The van der Waals surface area contributed by atoms with Crippen LogP contribution in [0.15, 0.2) is 0 Å². The summed E-state index contributed by atoms with van der Waals surface area (Å²) in [6.07, 6.45) is 0. The molecular weight excluding hydrogens is 231 g/mol. The SMILES string of the molecule is O.O.O.O.O.O.O.O=P([O-])([O-])O.[Mg+2]. The van der Waals surface area contributed by atoms with E-state index >= 15 is 0 Å². The van der Waals surface area contributed by atoms with Crippen LogP contribution < -0.4 is 9.79 Å². The zero-order chi connectivity index (χ0) is 4.50. The Kier molecular flexibility index (Phi) is 306. The van der Waals surface area contributed by atoms with E-state index in [-0.39, 0.29) is 61.4 Å². The summed E-state index contributed by atoms with van der Waals surface area (Å²) in [5, 5.41) is 0. The smallest absolute Gasteiger partial charge is 0.790 e. The second kappa shape index (κ2) is 38.9.